The van der Waals surface area contributed by atoms with Crippen LogP contribution in [0.4, 0.5) is 0 Å². The predicted molar refractivity (Wildman–Crippen MR) is 122 cm³/mol. The van der Waals surface area contributed by atoms with E-state index in [1.54, 1.807) is 19.2 Å². The molecular weight excluding hydrogens is 450 g/mol. The molecule has 8 nitrogen and oxygen atoms in total. The van der Waals surface area contributed by atoms with E-state index in [9.17, 15) is 4.79 Å². The monoisotopic (exact) mass is 467 g/mol. The molecule has 32 heavy (non-hydrogen) atoms. The number of carbonyl (C=O) groups excluding carboxylic acids is 1. The van der Waals surface area contributed by atoms with Crippen molar-refractivity contribution in [2.75, 3.05) is 13.7 Å². The molecule has 0 fully saturated rings. The van der Waals surface area contributed by atoms with Crippen molar-refractivity contribution in [3.63, 3.8) is 0 Å². The Morgan fingerprint density at radius 3 is 2.62 bits per heavy atom. The van der Waals surface area contributed by atoms with Crippen molar-refractivity contribution in [1.82, 2.24) is 20.0 Å². The van der Waals surface area contributed by atoms with Crippen LogP contribution < -0.4 is 19.7 Å². The largest absolute Gasteiger partial charge is 0.497 e. The van der Waals surface area contributed by atoms with Crippen molar-refractivity contribution >= 4 is 28.8 Å². The zero-order valence-electron chi connectivity index (χ0n) is 16.9. The molecule has 2 aromatic heterocycles. The van der Waals surface area contributed by atoms with Crippen LogP contribution in [0.15, 0.2) is 77.6 Å². The number of benzene rings is 2. The number of hydrogen-bond acceptors (Lipinski definition) is 7. The third-order valence-electron chi connectivity index (χ3n) is 4.35. The van der Waals surface area contributed by atoms with Gasteiger partial charge in [-0.1, -0.05) is 11.6 Å². The fourth-order valence-corrected chi connectivity index (χ4v) is 3.83. The number of hydrogen-bond donors (Lipinski definition) is 1. The summed E-state index contributed by atoms with van der Waals surface area (Å²) in [6, 6.07) is 15.1. The van der Waals surface area contributed by atoms with Crippen LogP contribution in [-0.2, 0) is 4.79 Å². The molecule has 10 heteroatoms. The summed E-state index contributed by atoms with van der Waals surface area (Å²) in [5.41, 5.74) is 5.26. The number of methoxy groups -OCH3 is 1. The molecule has 162 valence electrons. The molecule has 4 rings (SSSR count). The predicted octanol–water partition coefficient (Wildman–Crippen LogP) is 3.67. The van der Waals surface area contributed by atoms with E-state index in [0.29, 0.717) is 9.82 Å². The van der Waals surface area contributed by atoms with Gasteiger partial charge in [-0.05, 0) is 54.1 Å². The lowest BCUT2D eigenvalue weighted by molar-refractivity contribution is -0.123. The molecule has 0 aliphatic rings. The molecule has 2 heterocycles. The summed E-state index contributed by atoms with van der Waals surface area (Å²) in [5.74, 6) is 0.608. The van der Waals surface area contributed by atoms with Crippen molar-refractivity contribution in [3.05, 3.63) is 82.3 Å². The summed E-state index contributed by atoms with van der Waals surface area (Å²) in [6.07, 6.45) is 4.44. The van der Waals surface area contributed by atoms with Crippen LogP contribution in [-0.4, -0.2) is 34.2 Å². The van der Waals surface area contributed by atoms with Crippen molar-refractivity contribution < 1.29 is 14.3 Å². The number of rotatable bonds is 7. The van der Waals surface area contributed by atoms with E-state index in [-0.39, 0.29) is 12.5 Å². The molecule has 1 N–H and O–H groups in total. The number of aromatic nitrogens is 3. The molecule has 0 bridgehead atoms. The second-order valence-corrected chi connectivity index (χ2v) is 7.70. The number of amides is 1. The molecule has 0 aliphatic heterocycles. The highest BCUT2D eigenvalue weighted by Crippen LogP contribution is 2.26. The standard InChI is InChI=1S/C22H18ClN5O3S/c1-30-18-8-2-15(3-9-18)19-14-32-22(28(19)17-6-4-16(23)5-7-17)27-26-20(29)13-31-21-12-24-10-11-25-21/h2-12,14H,13H2,1H3,(H,26,29)/b27-22-. The Kier molecular flexibility index (Phi) is 6.78. The molecule has 0 radical (unpaired) electrons. The van der Waals surface area contributed by atoms with Crippen molar-refractivity contribution in [1.29, 1.82) is 0 Å². The summed E-state index contributed by atoms with van der Waals surface area (Å²) in [6.45, 7) is -0.236. The average molecular weight is 468 g/mol. The Morgan fingerprint density at radius 2 is 1.94 bits per heavy atom. The van der Waals surface area contributed by atoms with E-state index < -0.39 is 5.91 Å². The summed E-state index contributed by atoms with van der Waals surface area (Å²) in [4.78, 5) is 20.6. The lowest BCUT2D eigenvalue weighted by Gasteiger charge is -2.10. The highest BCUT2D eigenvalue weighted by molar-refractivity contribution is 7.07. The Balaban J connectivity index is 1.62. The second kappa shape index (κ2) is 10.1. The van der Waals surface area contributed by atoms with Gasteiger partial charge in [-0.25, -0.2) is 10.4 Å². The van der Waals surface area contributed by atoms with Crippen LogP contribution in [0.1, 0.15) is 0 Å². The van der Waals surface area contributed by atoms with E-state index in [2.05, 4.69) is 20.5 Å². The van der Waals surface area contributed by atoms with Gasteiger partial charge in [-0.3, -0.25) is 14.3 Å². The summed E-state index contributed by atoms with van der Waals surface area (Å²) in [5, 5.41) is 6.90. The Morgan fingerprint density at radius 1 is 1.16 bits per heavy atom. The maximum atomic E-state index is 12.2. The summed E-state index contributed by atoms with van der Waals surface area (Å²) >= 11 is 7.46. The molecule has 0 saturated heterocycles. The van der Waals surface area contributed by atoms with Crippen LogP contribution in [0.2, 0.25) is 5.02 Å². The van der Waals surface area contributed by atoms with E-state index in [4.69, 9.17) is 21.1 Å². The molecule has 2 aromatic carbocycles. The number of nitrogens with one attached hydrogen (secondary N) is 1. The van der Waals surface area contributed by atoms with Crippen molar-refractivity contribution in [3.8, 4) is 28.6 Å². The van der Waals surface area contributed by atoms with Gasteiger partial charge >= 0.3 is 0 Å². The lowest BCUT2D eigenvalue weighted by atomic mass is 10.1. The molecular formula is C22H18ClN5O3S. The topological polar surface area (TPSA) is 90.6 Å². The minimum Gasteiger partial charge on any atom is -0.497 e. The number of ether oxygens (including phenoxy) is 2. The van der Waals surface area contributed by atoms with E-state index in [1.165, 1.54) is 29.9 Å². The van der Waals surface area contributed by atoms with Gasteiger partial charge in [0.25, 0.3) is 5.91 Å². The van der Waals surface area contributed by atoms with Gasteiger partial charge in [0.15, 0.2) is 6.61 Å². The number of halogens is 1. The first kappa shape index (κ1) is 21.5. The molecule has 0 aliphatic carbocycles. The van der Waals surface area contributed by atoms with Gasteiger partial charge in [-0.2, -0.15) is 0 Å². The van der Waals surface area contributed by atoms with Crippen LogP contribution in [0.25, 0.3) is 16.9 Å². The number of carbonyl (C=O) groups is 1. The van der Waals surface area contributed by atoms with Gasteiger partial charge in [0.1, 0.15) is 5.75 Å². The maximum Gasteiger partial charge on any atom is 0.278 e. The van der Waals surface area contributed by atoms with Crippen LogP contribution >= 0.6 is 22.9 Å². The van der Waals surface area contributed by atoms with Crippen molar-refractivity contribution in [2.45, 2.75) is 0 Å². The average Bonchev–Trinajstić information content (AvgIpc) is 3.26. The van der Waals surface area contributed by atoms with E-state index in [0.717, 1.165) is 22.7 Å². The minimum atomic E-state index is -0.419. The first-order chi connectivity index (χ1) is 15.6. The first-order valence-corrected chi connectivity index (χ1v) is 10.7. The quantitative estimate of drug-likeness (QED) is 0.419. The second-order valence-electron chi connectivity index (χ2n) is 6.42. The Hall–Kier alpha value is -3.69. The molecule has 1 amide bonds. The molecule has 0 saturated carbocycles. The molecule has 0 spiro atoms. The molecule has 0 unspecified atom stereocenters. The maximum absolute atomic E-state index is 12.2. The smallest absolute Gasteiger partial charge is 0.278 e. The third-order valence-corrected chi connectivity index (χ3v) is 5.42. The zero-order chi connectivity index (χ0) is 22.3. The lowest BCUT2D eigenvalue weighted by Crippen LogP contribution is -2.28. The normalized spacial score (nSPS) is 11.2. The number of thiazole rings is 1. The summed E-state index contributed by atoms with van der Waals surface area (Å²) < 4.78 is 12.5. The van der Waals surface area contributed by atoms with Crippen molar-refractivity contribution in [2.24, 2.45) is 5.10 Å². The van der Waals surface area contributed by atoms with Gasteiger partial charge in [-0.15, -0.1) is 16.4 Å². The fraction of sp³-hybridized carbons (Fsp3) is 0.0909. The van der Waals surface area contributed by atoms with Gasteiger partial charge in [0.2, 0.25) is 10.7 Å². The van der Waals surface area contributed by atoms with Gasteiger partial charge in [0.05, 0.1) is 19.0 Å². The zero-order valence-corrected chi connectivity index (χ0v) is 18.5. The van der Waals surface area contributed by atoms with Crippen LogP contribution in [0.3, 0.4) is 0 Å². The van der Waals surface area contributed by atoms with Gasteiger partial charge < -0.3 is 9.47 Å². The third kappa shape index (κ3) is 5.13. The van der Waals surface area contributed by atoms with Crippen LogP contribution in [0, 0.1) is 0 Å². The van der Waals surface area contributed by atoms with E-state index >= 15 is 0 Å². The number of nitrogens with zero attached hydrogens (tertiary/aromatic N) is 4. The fourth-order valence-electron chi connectivity index (χ4n) is 2.83. The Labute approximate surface area is 192 Å². The molecule has 0 atom stereocenters. The van der Waals surface area contributed by atoms with Crippen LogP contribution in [0.5, 0.6) is 11.6 Å². The molecule has 4 aromatic rings. The van der Waals surface area contributed by atoms with Gasteiger partial charge in [0, 0.05) is 28.5 Å². The highest BCUT2D eigenvalue weighted by atomic mass is 35.5. The minimum absolute atomic E-state index is 0.236. The highest BCUT2D eigenvalue weighted by Gasteiger charge is 2.11. The van der Waals surface area contributed by atoms with E-state index in [1.807, 2.05) is 46.3 Å². The first-order valence-electron chi connectivity index (χ1n) is 9.46. The summed E-state index contributed by atoms with van der Waals surface area (Å²) in [7, 11) is 1.63. The Bertz CT molecular complexity index is 1260. The SMILES string of the molecule is COc1ccc(-c2cs/c(=N\NC(=O)COc3cnccn3)n2-c2ccc(Cl)cc2)cc1.